The molecule has 0 aliphatic heterocycles. The largest absolute Gasteiger partial charge is 0.378 e. The molecular formula is C16H18ClFN2. The van der Waals surface area contributed by atoms with Gasteiger partial charge in [-0.1, -0.05) is 29.8 Å². The molecule has 0 amide bonds. The van der Waals surface area contributed by atoms with Crippen LogP contribution in [0.25, 0.3) is 0 Å². The average Bonchev–Trinajstić information content (AvgIpc) is 2.42. The minimum Gasteiger partial charge on any atom is -0.378 e. The van der Waals surface area contributed by atoms with Crippen LogP contribution in [0, 0.1) is 5.82 Å². The molecule has 0 atom stereocenters. The summed E-state index contributed by atoms with van der Waals surface area (Å²) in [4.78, 5) is 2.05. The van der Waals surface area contributed by atoms with Crippen molar-refractivity contribution in [2.24, 2.45) is 0 Å². The lowest BCUT2D eigenvalue weighted by Crippen LogP contribution is -2.14. The molecule has 4 heteroatoms. The molecule has 0 unspecified atom stereocenters. The summed E-state index contributed by atoms with van der Waals surface area (Å²) < 4.78 is 13.6. The highest BCUT2D eigenvalue weighted by atomic mass is 35.5. The first-order valence-corrected chi connectivity index (χ1v) is 6.85. The maximum Gasteiger partial charge on any atom is 0.129 e. The fourth-order valence-corrected chi connectivity index (χ4v) is 2.17. The van der Waals surface area contributed by atoms with Crippen molar-refractivity contribution in [3.05, 3.63) is 64.4 Å². The van der Waals surface area contributed by atoms with E-state index < -0.39 is 0 Å². The van der Waals surface area contributed by atoms with E-state index in [0.29, 0.717) is 23.7 Å². The number of rotatable bonds is 5. The van der Waals surface area contributed by atoms with E-state index in [0.717, 1.165) is 11.3 Å². The Hall–Kier alpha value is -1.58. The summed E-state index contributed by atoms with van der Waals surface area (Å²) in [5, 5.41) is 3.67. The molecule has 0 aliphatic rings. The van der Waals surface area contributed by atoms with Crippen LogP contribution in [0.5, 0.6) is 0 Å². The van der Waals surface area contributed by atoms with Gasteiger partial charge in [-0.05, 0) is 29.8 Å². The summed E-state index contributed by atoms with van der Waals surface area (Å²) in [6.45, 7) is 1.10. The smallest absolute Gasteiger partial charge is 0.129 e. The van der Waals surface area contributed by atoms with Gasteiger partial charge in [-0.3, -0.25) is 0 Å². The molecule has 20 heavy (non-hydrogen) atoms. The Balaban J connectivity index is 1.93. The first-order chi connectivity index (χ1) is 9.58. The van der Waals surface area contributed by atoms with Crippen molar-refractivity contribution in [3.8, 4) is 0 Å². The van der Waals surface area contributed by atoms with E-state index in [-0.39, 0.29) is 5.82 Å². The van der Waals surface area contributed by atoms with Gasteiger partial charge in [0.2, 0.25) is 0 Å². The number of hydrogen-bond donors (Lipinski definition) is 1. The number of anilines is 1. The van der Waals surface area contributed by atoms with Crippen LogP contribution in [0.4, 0.5) is 10.1 Å². The van der Waals surface area contributed by atoms with Gasteiger partial charge in [-0.15, -0.1) is 0 Å². The van der Waals surface area contributed by atoms with E-state index in [1.165, 1.54) is 6.07 Å². The molecule has 0 saturated heterocycles. The number of hydrogen-bond acceptors (Lipinski definition) is 2. The average molecular weight is 293 g/mol. The molecule has 0 bridgehead atoms. The fourth-order valence-electron chi connectivity index (χ4n) is 1.94. The van der Waals surface area contributed by atoms with Crippen molar-refractivity contribution < 1.29 is 4.39 Å². The van der Waals surface area contributed by atoms with Crippen molar-refractivity contribution in [2.45, 2.75) is 13.1 Å². The predicted molar refractivity (Wildman–Crippen MR) is 82.7 cm³/mol. The summed E-state index contributed by atoms with van der Waals surface area (Å²) in [6.07, 6.45) is 0. The second kappa shape index (κ2) is 6.73. The van der Waals surface area contributed by atoms with Gasteiger partial charge >= 0.3 is 0 Å². The Morgan fingerprint density at radius 1 is 1.05 bits per heavy atom. The lowest BCUT2D eigenvalue weighted by Gasteiger charge is -2.13. The summed E-state index contributed by atoms with van der Waals surface area (Å²) >= 11 is 5.98. The molecule has 106 valence electrons. The Bertz CT molecular complexity index is 547. The molecule has 2 aromatic carbocycles. The third kappa shape index (κ3) is 3.71. The van der Waals surface area contributed by atoms with E-state index in [1.54, 1.807) is 12.1 Å². The normalized spacial score (nSPS) is 10.6. The molecule has 0 fully saturated rings. The van der Waals surface area contributed by atoms with Gasteiger partial charge in [-0.2, -0.15) is 0 Å². The van der Waals surface area contributed by atoms with Gasteiger partial charge in [0.15, 0.2) is 0 Å². The highest BCUT2D eigenvalue weighted by Gasteiger charge is 2.06. The van der Waals surface area contributed by atoms with Gasteiger partial charge in [0.05, 0.1) is 0 Å². The standard InChI is InChI=1S/C16H18ClFN2/c1-20(2)13-8-6-12(7-9-13)10-19-11-14-15(17)4-3-5-16(14)18/h3-9,19H,10-11H2,1-2H3. The van der Waals surface area contributed by atoms with Crippen LogP contribution in [0.15, 0.2) is 42.5 Å². The Kier molecular flexibility index (Phi) is 4.99. The molecule has 0 aromatic heterocycles. The van der Waals surface area contributed by atoms with Crippen molar-refractivity contribution in [2.75, 3.05) is 19.0 Å². The molecule has 2 nitrogen and oxygen atoms in total. The number of benzene rings is 2. The summed E-state index contributed by atoms with van der Waals surface area (Å²) in [6, 6.07) is 13.0. The maximum atomic E-state index is 13.6. The quantitative estimate of drug-likeness (QED) is 0.901. The van der Waals surface area contributed by atoms with E-state index in [4.69, 9.17) is 11.6 Å². The molecule has 0 radical (unpaired) electrons. The van der Waals surface area contributed by atoms with Gasteiger partial charge in [0.1, 0.15) is 5.82 Å². The summed E-state index contributed by atoms with van der Waals surface area (Å²) in [5.41, 5.74) is 2.83. The number of halogens is 2. The molecular weight excluding hydrogens is 275 g/mol. The lowest BCUT2D eigenvalue weighted by atomic mass is 10.1. The van der Waals surface area contributed by atoms with E-state index >= 15 is 0 Å². The highest BCUT2D eigenvalue weighted by molar-refractivity contribution is 6.31. The minimum absolute atomic E-state index is 0.270. The van der Waals surface area contributed by atoms with Gasteiger partial charge in [-0.25, -0.2) is 4.39 Å². The third-order valence-electron chi connectivity index (χ3n) is 3.15. The minimum atomic E-state index is -0.270. The predicted octanol–water partition coefficient (Wildman–Crippen LogP) is 3.83. The molecule has 2 rings (SSSR count). The van der Waals surface area contributed by atoms with Gasteiger partial charge < -0.3 is 10.2 Å². The van der Waals surface area contributed by atoms with Gasteiger partial charge in [0.25, 0.3) is 0 Å². The summed E-state index contributed by atoms with van der Waals surface area (Å²) in [5.74, 6) is -0.270. The maximum absolute atomic E-state index is 13.6. The third-order valence-corrected chi connectivity index (χ3v) is 3.50. The zero-order valence-corrected chi connectivity index (χ0v) is 12.4. The van der Waals surface area contributed by atoms with E-state index in [1.807, 2.05) is 14.1 Å². The first-order valence-electron chi connectivity index (χ1n) is 6.48. The Labute approximate surface area is 124 Å². The monoisotopic (exact) mass is 292 g/mol. The topological polar surface area (TPSA) is 15.3 Å². The molecule has 1 N–H and O–H groups in total. The number of nitrogens with one attached hydrogen (secondary N) is 1. The summed E-state index contributed by atoms with van der Waals surface area (Å²) in [7, 11) is 4.01. The van der Waals surface area contributed by atoms with Crippen molar-refractivity contribution >= 4 is 17.3 Å². The van der Waals surface area contributed by atoms with Crippen molar-refractivity contribution in [3.63, 3.8) is 0 Å². The number of nitrogens with zero attached hydrogens (tertiary/aromatic N) is 1. The Morgan fingerprint density at radius 3 is 2.35 bits per heavy atom. The molecule has 0 saturated carbocycles. The molecule has 0 aliphatic carbocycles. The van der Waals surface area contributed by atoms with Crippen molar-refractivity contribution in [1.82, 2.24) is 5.32 Å². The first kappa shape index (κ1) is 14.8. The molecule has 0 heterocycles. The van der Waals surface area contributed by atoms with Crippen molar-refractivity contribution in [1.29, 1.82) is 0 Å². The van der Waals surface area contributed by atoms with Crippen LogP contribution in [-0.4, -0.2) is 14.1 Å². The lowest BCUT2D eigenvalue weighted by molar-refractivity contribution is 0.588. The fraction of sp³-hybridized carbons (Fsp3) is 0.250. The van der Waals surface area contributed by atoms with Gasteiger partial charge in [0, 0.05) is 43.5 Å². The Morgan fingerprint density at radius 2 is 1.75 bits per heavy atom. The SMILES string of the molecule is CN(C)c1ccc(CNCc2c(F)cccc2Cl)cc1. The van der Waals surface area contributed by atoms with Crippen LogP contribution in [0.3, 0.4) is 0 Å². The highest BCUT2D eigenvalue weighted by Crippen LogP contribution is 2.19. The van der Waals surface area contributed by atoms with Crippen LogP contribution in [0.2, 0.25) is 5.02 Å². The zero-order valence-electron chi connectivity index (χ0n) is 11.7. The second-order valence-corrected chi connectivity index (χ2v) is 5.27. The second-order valence-electron chi connectivity index (χ2n) is 4.86. The van der Waals surface area contributed by atoms with Crippen LogP contribution < -0.4 is 10.2 Å². The van der Waals surface area contributed by atoms with Crippen LogP contribution >= 0.6 is 11.6 Å². The molecule has 2 aromatic rings. The zero-order chi connectivity index (χ0) is 14.5. The molecule has 0 spiro atoms. The van der Waals surface area contributed by atoms with E-state index in [9.17, 15) is 4.39 Å². The van der Waals surface area contributed by atoms with E-state index in [2.05, 4.69) is 34.5 Å². The van der Waals surface area contributed by atoms with Crippen LogP contribution in [0.1, 0.15) is 11.1 Å². The van der Waals surface area contributed by atoms with Crippen LogP contribution in [-0.2, 0) is 13.1 Å².